The van der Waals surface area contributed by atoms with Gasteiger partial charge in [-0.25, -0.2) is 0 Å². The first-order valence-electron chi connectivity index (χ1n) is 9.63. The van der Waals surface area contributed by atoms with Gasteiger partial charge in [-0.15, -0.1) is 0 Å². The van der Waals surface area contributed by atoms with Gasteiger partial charge in [0.1, 0.15) is 0 Å². The van der Waals surface area contributed by atoms with Crippen molar-refractivity contribution in [1.82, 2.24) is 4.90 Å². The molecule has 1 aliphatic rings. The smallest absolute Gasteiger partial charge is 0.224 e. The van der Waals surface area contributed by atoms with Crippen LogP contribution in [0.1, 0.15) is 12.0 Å². The molecule has 1 aliphatic heterocycles. The molecule has 2 aromatic carbocycles. The summed E-state index contributed by atoms with van der Waals surface area (Å²) in [6.07, 6.45) is 0.528. The van der Waals surface area contributed by atoms with E-state index < -0.39 is 0 Å². The van der Waals surface area contributed by atoms with E-state index in [-0.39, 0.29) is 5.91 Å². The maximum absolute atomic E-state index is 12.5. The Morgan fingerprint density at radius 1 is 1.04 bits per heavy atom. The van der Waals surface area contributed by atoms with E-state index in [1.807, 2.05) is 19.0 Å². The summed E-state index contributed by atoms with van der Waals surface area (Å²) >= 11 is 0. The van der Waals surface area contributed by atoms with Crippen LogP contribution in [-0.4, -0.2) is 57.6 Å². The first kappa shape index (κ1) is 19.1. The van der Waals surface area contributed by atoms with Crippen molar-refractivity contribution in [3.05, 3.63) is 54.1 Å². The minimum atomic E-state index is 0.233. The van der Waals surface area contributed by atoms with Gasteiger partial charge in [0.05, 0.1) is 0 Å². The number of benzene rings is 2. The number of nitrogens with zero attached hydrogens (tertiary/aromatic N) is 3. The Balaban J connectivity index is 1.42. The third kappa shape index (κ3) is 5.16. The average Bonchev–Trinajstić information content (AvgIpc) is 2.68. The summed E-state index contributed by atoms with van der Waals surface area (Å²) in [5, 5.41) is 3.35. The monoisotopic (exact) mass is 366 g/mol. The van der Waals surface area contributed by atoms with Gasteiger partial charge in [0.2, 0.25) is 5.91 Å². The standard InChI is InChI=1S/C22H30N4O/c1-18-5-4-6-21(17-18)25-13-15-26(16-14-25)22(27)11-12-23-19-7-9-20(10-8-19)24(2)3/h4-10,17,23H,11-16H2,1-3H3. The van der Waals surface area contributed by atoms with E-state index >= 15 is 0 Å². The number of nitrogens with one attached hydrogen (secondary N) is 1. The van der Waals surface area contributed by atoms with Crippen molar-refractivity contribution < 1.29 is 4.79 Å². The molecule has 0 spiro atoms. The van der Waals surface area contributed by atoms with Crippen molar-refractivity contribution in [2.45, 2.75) is 13.3 Å². The lowest BCUT2D eigenvalue weighted by Crippen LogP contribution is -2.49. The number of rotatable bonds is 6. The van der Waals surface area contributed by atoms with E-state index in [0.29, 0.717) is 13.0 Å². The highest BCUT2D eigenvalue weighted by Crippen LogP contribution is 2.18. The Bertz CT molecular complexity index is 749. The molecule has 0 unspecified atom stereocenters. The molecular weight excluding hydrogens is 336 g/mol. The van der Waals surface area contributed by atoms with Crippen LogP contribution in [0.25, 0.3) is 0 Å². The number of hydrogen-bond acceptors (Lipinski definition) is 4. The van der Waals surface area contributed by atoms with Gasteiger partial charge in [0, 0.05) is 70.3 Å². The maximum atomic E-state index is 12.5. The van der Waals surface area contributed by atoms with Crippen molar-refractivity contribution >= 4 is 23.0 Å². The number of amides is 1. The Labute approximate surface area is 162 Å². The van der Waals surface area contributed by atoms with E-state index in [1.54, 1.807) is 0 Å². The minimum absolute atomic E-state index is 0.233. The highest BCUT2D eigenvalue weighted by molar-refractivity contribution is 5.77. The van der Waals surface area contributed by atoms with Crippen LogP contribution in [0, 0.1) is 6.92 Å². The molecule has 0 aromatic heterocycles. The zero-order chi connectivity index (χ0) is 19.2. The lowest BCUT2D eigenvalue weighted by molar-refractivity contribution is -0.131. The fourth-order valence-electron chi connectivity index (χ4n) is 3.39. The minimum Gasteiger partial charge on any atom is -0.385 e. The summed E-state index contributed by atoms with van der Waals surface area (Å²) in [6, 6.07) is 16.8. The molecule has 0 saturated carbocycles. The van der Waals surface area contributed by atoms with Gasteiger partial charge in [0.15, 0.2) is 0 Å². The SMILES string of the molecule is Cc1cccc(N2CCN(C(=O)CCNc3ccc(N(C)C)cc3)CC2)c1. The zero-order valence-corrected chi connectivity index (χ0v) is 16.6. The van der Waals surface area contributed by atoms with Crippen LogP contribution in [0.2, 0.25) is 0 Å². The van der Waals surface area contributed by atoms with Crippen molar-refractivity contribution in [3.8, 4) is 0 Å². The predicted molar refractivity (Wildman–Crippen MR) is 114 cm³/mol. The number of aryl methyl sites for hydroxylation is 1. The van der Waals surface area contributed by atoms with Gasteiger partial charge in [-0.1, -0.05) is 12.1 Å². The molecule has 1 fully saturated rings. The Kier molecular flexibility index (Phi) is 6.22. The molecule has 1 heterocycles. The van der Waals surface area contributed by atoms with Gasteiger partial charge in [0.25, 0.3) is 0 Å². The molecule has 27 heavy (non-hydrogen) atoms. The van der Waals surface area contributed by atoms with E-state index in [2.05, 4.69) is 70.6 Å². The first-order valence-corrected chi connectivity index (χ1v) is 9.63. The van der Waals surface area contributed by atoms with Crippen LogP contribution < -0.4 is 15.1 Å². The summed E-state index contributed by atoms with van der Waals surface area (Å²) in [5.41, 5.74) is 4.75. The molecule has 1 N–H and O–H groups in total. The molecule has 1 saturated heterocycles. The zero-order valence-electron chi connectivity index (χ0n) is 16.6. The van der Waals surface area contributed by atoms with Crippen LogP contribution in [0.3, 0.4) is 0 Å². The summed E-state index contributed by atoms with van der Waals surface area (Å²) < 4.78 is 0. The highest BCUT2D eigenvalue weighted by atomic mass is 16.2. The molecule has 2 aromatic rings. The fourth-order valence-corrected chi connectivity index (χ4v) is 3.39. The molecule has 0 radical (unpaired) electrons. The molecule has 0 aliphatic carbocycles. The van der Waals surface area contributed by atoms with Gasteiger partial charge < -0.3 is 20.0 Å². The van der Waals surface area contributed by atoms with Crippen LogP contribution >= 0.6 is 0 Å². The number of carbonyl (C=O) groups is 1. The second-order valence-corrected chi connectivity index (χ2v) is 7.32. The Hall–Kier alpha value is -2.69. The highest BCUT2D eigenvalue weighted by Gasteiger charge is 2.20. The normalized spacial score (nSPS) is 14.2. The quantitative estimate of drug-likeness (QED) is 0.852. The number of piperazine rings is 1. The molecule has 0 atom stereocenters. The molecule has 5 heteroatoms. The first-order chi connectivity index (χ1) is 13.0. The van der Waals surface area contributed by atoms with Crippen LogP contribution in [0.15, 0.2) is 48.5 Å². The fraction of sp³-hybridized carbons (Fsp3) is 0.409. The molecule has 1 amide bonds. The van der Waals surface area contributed by atoms with Gasteiger partial charge >= 0.3 is 0 Å². The third-order valence-electron chi connectivity index (χ3n) is 5.05. The van der Waals surface area contributed by atoms with Gasteiger partial charge in [-0.05, 0) is 48.9 Å². The van der Waals surface area contributed by atoms with E-state index in [9.17, 15) is 4.79 Å². The predicted octanol–water partition coefficient (Wildman–Crippen LogP) is 3.21. The molecular formula is C22H30N4O. The second kappa shape index (κ2) is 8.80. The topological polar surface area (TPSA) is 38.8 Å². The summed E-state index contributed by atoms with van der Waals surface area (Å²) in [6.45, 7) is 6.17. The summed E-state index contributed by atoms with van der Waals surface area (Å²) in [7, 11) is 4.06. The van der Waals surface area contributed by atoms with Crippen molar-refractivity contribution in [3.63, 3.8) is 0 Å². The van der Waals surface area contributed by atoms with Crippen LogP contribution in [0.5, 0.6) is 0 Å². The van der Waals surface area contributed by atoms with E-state index in [4.69, 9.17) is 0 Å². The number of carbonyl (C=O) groups excluding carboxylic acids is 1. The van der Waals surface area contributed by atoms with Gasteiger partial charge in [-0.2, -0.15) is 0 Å². The van der Waals surface area contributed by atoms with Gasteiger partial charge in [-0.3, -0.25) is 4.79 Å². The summed E-state index contributed by atoms with van der Waals surface area (Å²) in [4.78, 5) is 18.9. The third-order valence-corrected chi connectivity index (χ3v) is 5.05. The van der Waals surface area contributed by atoms with Crippen LogP contribution in [0.4, 0.5) is 17.1 Å². The number of anilines is 3. The van der Waals surface area contributed by atoms with Crippen molar-refractivity contribution in [1.29, 1.82) is 0 Å². The largest absolute Gasteiger partial charge is 0.385 e. The van der Waals surface area contributed by atoms with Crippen LogP contribution in [-0.2, 0) is 4.79 Å². The molecule has 3 rings (SSSR count). The van der Waals surface area contributed by atoms with Crippen molar-refractivity contribution in [2.24, 2.45) is 0 Å². The molecule has 0 bridgehead atoms. The average molecular weight is 367 g/mol. The Morgan fingerprint density at radius 3 is 2.37 bits per heavy atom. The number of hydrogen-bond donors (Lipinski definition) is 1. The summed E-state index contributed by atoms with van der Waals surface area (Å²) in [5.74, 6) is 0.233. The molecule has 144 valence electrons. The molecule has 5 nitrogen and oxygen atoms in total. The van der Waals surface area contributed by atoms with Crippen molar-refractivity contribution in [2.75, 3.05) is 61.9 Å². The lowest BCUT2D eigenvalue weighted by Gasteiger charge is -2.36. The van der Waals surface area contributed by atoms with E-state index in [1.165, 1.54) is 16.9 Å². The second-order valence-electron chi connectivity index (χ2n) is 7.32. The lowest BCUT2D eigenvalue weighted by atomic mass is 10.2. The Morgan fingerprint density at radius 2 is 1.74 bits per heavy atom. The maximum Gasteiger partial charge on any atom is 0.224 e. The van der Waals surface area contributed by atoms with E-state index in [0.717, 1.165) is 31.9 Å².